The fraction of sp³-hybridized carbons (Fsp3) is 0.227. The molecule has 0 bridgehead atoms. The lowest BCUT2D eigenvalue weighted by atomic mass is 10.0. The molecule has 0 atom stereocenters. The summed E-state index contributed by atoms with van der Waals surface area (Å²) < 4.78 is 0. The van der Waals surface area contributed by atoms with E-state index in [4.69, 9.17) is 10.7 Å². The summed E-state index contributed by atoms with van der Waals surface area (Å²) in [5.41, 5.74) is 10.0. The van der Waals surface area contributed by atoms with Gasteiger partial charge in [0.25, 0.3) is 0 Å². The van der Waals surface area contributed by atoms with Crippen LogP contribution < -0.4 is 5.73 Å². The van der Waals surface area contributed by atoms with Crippen molar-refractivity contribution in [1.82, 2.24) is 4.98 Å². The molecular weight excluding hydrogens is 437 g/mol. The summed E-state index contributed by atoms with van der Waals surface area (Å²) in [6.45, 7) is 2.12. The number of benzene rings is 1. The van der Waals surface area contributed by atoms with Gasteiger partial charge in [0.1, 0.15) is 4.83 Å². The predicted molar refractivity (Wildman–Crippen MR) is 135 cm³/mol. The summed E-state index contributed by atoms with van der Waals surface area (Å²) in [6, 6.07) is 16.4. The van der Waals surface area contributed by atoms with E-state index in [1.165, 1.54) is 29.9 Å². The van der Waals surface area contributed by atoms with Crippen LogP contribution in [0.1, 0.15) is 24.6 Å². The van der Waals surface area contributed by atoms with Gasteiger partial charge < -0.3 is 10.8 Å². The lowest BCUT2D eigenvalue weighted by Crippen LogP contribution is -1.91. The number of fused-ring (bicyclic) bond motifs is 1. The van der Waals surface area contributed by atoms with Crippen molar-refractivity contribution in [3.05, 3.63) is 58.8 Å². The molecule has 0 unspecified atom stereocenters. The molecule has 1 aromatic carbocycles. The Bertz CT molecular complexity index is 1030. The van der Waals surface area contributed by atoms with Gasteiger partial charge in [-0.1, -0.05) is 60.5 Å². The van der Waals surface area contributed by atoms with Crippen molar-refractivity contribution in [2.45, 2.75) is 26.4 Å². The first-order valence-corrected chi connectivity index (χ1v) is 13.1. The van der Waals surface area contributed by atoms with Crippen molar-refractivity contribution < 1.29 is 5.11 Å². The van der Waals surface area contributed by atoms with E-state index in [2.05, 4.69) is 42.9 Å². The number of nitrogen functional groups attached to an aromatic ring is 1. The van der Waals surface area contributed by atoms with Crippen molar-refractivity contribution in [2.75, 3.05) is 11.5 Å². The van der Waals surface area contributed by atoms with Crippen LogP contribution in [0.3, 0.4) is 0 Å². The smallest absolute Gasteiger partial charge is 0.127 e. The molecule has 7 heteroatoms. The van der Waals surface area contributed by atoms with Gasteiger partial charge in [-0.3, -0.25) is 0 Å². The third-order valence-corrected chi connectivity index (χ3v) is 7.36. The Hall–Kier alpha value is -1.51. The van der Waals surface area contributed by atoms with Crippen LogP contribution in [0.15, 0.2) is 53.9 Å². The number of rotatable bonds is 6. The van der Waals surface area contributed by atoms with E-state index in [-0.39, 0.29) is 6.61 Å². The monoisotopic (exact) mass is 460 g/mol. The van der Waals surface area contributed by atoms with Crippen LogP contribution in [-0.4, -0.2) is 15.8 Å². The zero-order valence-electron chi connectivity index (χ0n) is 16.2. The molecule has 0 saturated heterocycles. The zero-order chi connectivity index (χ0) is 20.6. The number of pyridine rings is 1. The summed E-state index contributed by atoms with van der Waals surface area (Å²) in [5.74, 6) is 1.19. The van der Waals surface area contributed by atoms with Crippen LogP contribution in [-0.2, 0) is 6.61 Å². The Kier molecular flexibility index (Phi) is 8.44. The van der Waals surface area contributed by atoms with Gasteiger partial charge in [-0.15, -0.1) is 34.3 Å². The van der Waals surface area contributed by atoms with Crippen LogP contribution in [0.2, 0.25) is 0 Å². The van der Waals surface area contributed by atoms with E-state index >= 15 is 0 Å². The summed E-state index contributed by atoms with van der Waals surface area (Å²) >= 11 is 7.10. The number of aromatic nitrogens is 1. The highest BCUT2D eigenvalue weighted by Gasteiger charge is 2.17. The average Bonchev–Trinajstić information content (AvgIpc) is 3.41. The maximum Gasteiger partial charge on any atom is 0.127 e. The SMILES string of the molecule is CCCCSS.Nc1c(CO)sc2nc(-c3cccs3)cc(-c3ccccc3)c12. The highest BCUT2D eigenvalue weighted by molar-refractivity contribution is 8.68. The van der Waals surface area contributed by atoms with Crippen LogP contribution in [0.5, 0.6) is 0 Å². The van der Waals surface area contributed by atoms with Gasteiger partial charge in [0.05, 0.1) is 27.7 Å². The van der Waals surface area contributed by atoms with Gasteiger partial charge in [0.15, 0.2) is 0 Å². The Morgan fingerprint density at radius 1 is 1.17 bits per heavy atom. The number of aliphatic hydroxyl groups is 1. The minimum atomic E-state index is -0.0601. The molecule has 3 nitrogen and oxygen atoms in total. The van der Waals surface area contributed by atoms with Crippen LogP contribution in [0, 0.1) is 0 Å². The van der Waals surface area contributed by atoms with Crippen molar-refractivity contribution >= 4 is 61.0 Å². The third kappa shape index (κ3) is 5.35. The molecule has 0 fully saturated rings. The second kappa shape index (κ2) is 11.0. The maximum absolute atomic E-state index is 9.54. The molecule has 0 radical (unpaired) electrons. The minimum absolute atomic E-state index is 0.0601. The first kappa shape index (κ1) is 22.2. The van der Waals surface area contributed by atoms with Gasteiger partial charge in [-0.25, -0.2) is 4.98 Å². The largest absolute Gasteiger partial charge is 0.397 e. The molecular formula is C22H24N2OS4. The second-order valence-corrected chi connectivity index (χ2v) is 9.83. The van der Waals surface area contributed by atoms with Crippen molar-refractivity contribution in [3.8, 4) is 21.7 Å². The summed E-state index contributed by atoms with van der Waals surface area (Å²) in [5, 5.41) is 12.5. The number of thiophene rings is 2. The van der Waals surface area contributed by atoms with Gasteiger partial charge >= 0.3 is 0 Å². The summed E-state index contributed by atoms with van der Waals surface area (Å²) in [4.78, 5) is 7.54. The predicted octanol–water partition coefficient (Wildman–Crippen LogP) is 7.13. The Morgan fingerprint density at radius 3 is 2.55 bits per heavy atom. The number of hydrogen-bond acceptors (Lipinski definition) is 7. The molecule has 3 heterocycles. The van der Waals surface area contributed by atoms with E-state index in [9.17, 15) is 5.11 Å². The molecule has 29 heavy (non-hydrogen) atoms. The number of unbranched alkanes of at least 4 members (excludes halogenated alkanes) is 1. The number of nitrogens with two attached hydrogens (primary N) is 1. The maximum atomic E-state index is 9.54. The molecule has 4 rings (SSSR count). The quantitative estimate of drug-likeness (QED) is 0.163. The number of anilines is 1. The van der Waals surface area contributed by atoms with Crippen molar-refractivity contribution in [3.63, 3.8) is 0 Å². The average molecular weight is 461 g/mol. The molecule has 152 valence electrons. The highest BCUT2D eigenvalue weighted by Crippen LogP contribution is 2.41. The molecule has 0 aliphatic heterocycles. The molecule has 3 aromatic heterocycles. The standard InChI is InChI=1S/C18H14N2OS2.C4H10S2/c19-17-15(10-21)23-18-16(17)12(11-5-2-1-3-6-11)9-13(20-18)14-7-4-8-22-14;1-2-3-4-6-5/h1-9,21H,10,19H2;5H,2-4H2,1H3. The van der Waals surface area contributed by atoms with Gasteiger partial charge in [0, 0.05) is 11.1 Å². The van der Waals surface area contributed by atoms with Crippen molar-refractivity contribution in [2.24, 2.45) is 0 Å². The van der Waals surface area contributed by atoms with E-state index < -0.39 is 0 Å². The zero-order valence-corrected chi connectivity index (χ0v) is 19.5. The number of thiol groups is 1. The Morgan fingerprint density at radius 2 is 1.97 bits per heavy atom. The van der Waals surface area contributed by atoms with Crippen molar-refractivity contribution in [1.29, 1.82) is 0 Å². The summed E-state index contributed by atoms with van der Waals surface area (Å²) in [6.07, 6.45) is 2.59. The molecule has 4 aromatic rings. The molecule has 0 saturated carbocycles. The number of hydrogen-bond donors (Lipinski definition) is 3. The van der Waals surface area contributed by atoms with Gasteiger partial charge in [-0.2, -0.15) is 0 Å². The molecule has 0 aliphatic carbocycles. The summed E-state index contributed by atoms with van der Waals surface area (Å²) in [7, 11) is 1.62. The lowest BCUT2D eigenvalue weighted by Gasteiger charge is -2.07. The lowest BCUT2D eigenvalue weighted by molar-refractivity contribution is 0.286. The van der Waals surface area contributed by atoms with Gasteiger partial charge in [-0.05, 0) is 35.1 Å². The first-order valence-electron chi connectivity index (χ1n) is 9.38. The van der Waals surface area contributed by atoms with E-state index in [0.29, 0.717) is 5.69 Å². The molecule has 0 spiro atoms. The minimum Gasteiger partial charge on any atom is -0.397 e. The number of nitrogens with zero attached hydrogens (tertiary/aromatic N) is 1. The van der Waals surface area contributed by atoms with Crippen LogP contribution in [0.4, 0.5) is 5.69 Å². The Labute approximate surface area is 188 Å². The second-order valence-electron chi connectivity index (χ2n) is 6.36. The first-order chi connectivity index (χ1) is 14.2. The fourth-order valence-electron chi connectivity index (χ4n) is 2.89. The van der Waals surface area contributed by atoms with E-state index in [1.807, 2.05) is 29.6 Å². The van der Waals surface area contributed by atoms with Gasteiger partial charge in [0.2, 0.25) is 0 Å². The molecule has 0 aliphatic rings. The number of aliphatic hydroxyl groups excluding tert-OH is 1. The molecule has 0 amide bonds. The Balaban J connectivity index is 0.000000353. The third-order valence-electron chi connectivity index (χ3n) is 4.37. The molecule has 3 N–H and O–H groups in total. The normalized spacial score (nSPS) is 10.7. The van der Waals surface area contributed by atoms with Crippen LogP contribution >= 0.6 is 45.1 Å². The van der Waals surface area contributed by atoms with E-state index in [0.717, 1.165) is 36.8 Å². The van der Waals surface area contributed by atoms with Crippen LogP contribution in [0.25, 0.3) is 31.9 Å². The topological polar surface area (TPSA) is 59.1 Å². The van der Waals surface area contributed by atoms with E-state index in [1.54, 1.807) is 22.1 Å². The highest BCUT2D eigenvalue weighted by atomic mass is 33.1. The fourth-order valence-corrected chi connectivity index (χ4v) is 5.36.